The SMILES string of the molecule is CCN1C(=C/C=C2/Sc3ccccc3C2=O)C=Cc2ccccc21. The highest BCUT2D eigenvalue weighted by molar-refractivity contribution is 8.04. The van der Waals surface area contributed by atoms with Crippen LogP contribution in [0.15, 0.2) is 82.3 Å². The van der Waals surface area contributed by atoms with Crippen LogP contribution >= 0.6 is 11.8 Å². The molecule has 0 bridgehead atoms. The zero-order valence-corrected chi connectivity index (χ0v) is 14.2. The maximum atomic E-state index is 12.5. The number of nitrogens with zero attached hydrogens (tertiary/aromatic N) is 1. The quantitative estimate of drug-likeness (QED) is 0.697. The summed E-state index contributed by atoms with van der Waals surface area (Å²) in [6.45, 7) is 3.03. The minimum Gasteiger partial charge on any atom is -0.341 e. The third-order valence-electron chi connectivity index (χ3n) is 4.27. The number of ketones is 1. The van der Waals surface area contributed by atoms with Gasteiger partial charge < -0.3 is 4.90 Å². The van der Waals surface area contributed by atoms with E-state index in [9.17, 15) is 4.79 Å². The zero-order chi connectivity index (χ0) is 16.5. The molecule has 0 saturated carbocycles. The van der Waals surface area contributed by atoms with E-state index >= 15 is 0 Å². The van der Waals surface area contributed by atoms with Gasteiger partial charge in [0.05, 0.1) is 4.91 Å². The number of anilines is 1. The van der Waals surface area contributed by atoms with Crippen LogP contribution in [0.4, 0.5) is 5.69 Å². The van der Waals surface area contributed by atoms with Gasteiger partial charge in [0.1, 0.15) is 0 Å². The van der Waals surface area contributed by atoms with Gasteiger partial charge in [-0.3, -0.25) is 4.79 Å². The number of thioether (sulfide) groups is 1. The molecule has 4 rings (SSSR count). The maximum absolute atomic E-state index is 12.5. The highest BCUT2D eigenvalue weighted by Crippen LogP contribution is 2.40. The molecule has 0 aliphatic carbocycles. The number of para-hydroxylation sites is 1. The summed E-state index contributed by atoms with van der Waals surface area (Å²) in [6, 6.07) is 16.2. The molecule has 3 heteroatoms. The smallest absolute Gasteiger partial charge is 0.200 e. The minimum atomic E-state index is 0.121. The molecule has 0 fully saturated rings. The van der Waals surface area contributed by atoms with Gasteiger partial charge in [0.2, 0.25) is 5.78 Å². The number of hydrogen-bond donors (Lipinski definition) is 0. The molecule has 0 amide bonds. The summed E-state index contributed by atoms with van der Waals surface area (Å²) in [4.78, 5) is 16.6. The van der Waals surface area contributed by atoms with Gasteiger partial charge in [-0.25, -0.2) is 0 Å². The Morgan fingerprint density at radius 3 is 2.62 bits per heavy atom. The normalized spacial score (nSPS) is 19.0. The number of likely N-dealkylation sites (N-methyl/N-ethyl adjacent to an activating group) is 1. The van der Waals surface area contributed by atoms with Crippen molar-refractivity contribution in [3.05, 3.63) is 88.5 Å². The Bertz CT molecular complexity index is 908. The molecule has 24 heavy (non-hydrogen) atoms. The number of Topliss-reactive ketones (excluding diaryl/α,β-unsaturated/α-hetero) is 1. The van der Waals surface area contributed by atoms with E-state index in [1.807, 2.05) is 36.4 Å². The molecule has 0 unspecified atom stereocenters. The molecule has 0 N–H and O–H groups in total. The van der Waals surface area contributed by atoms with Crippen molar-refractivity contribution in [2.45, 2.75) is 11.8 Å². The molecule has 2 aliphatic rings. The Morgan fingerprint density at radius 2 is 1.79 bits per heavy atom. The molecule has 0 aromatic heterocycles. The number of allylic oxidation sites excluding steroid dienone is 4. The molecule has 2 heterocycles. The summed E-state index contributed by atoms with van der Waals surface area (Å²) in [5, 5.41) is 0. The lowest BCUT2D eigenvalue weighted by atomic mass is 10.1. The van der Waals surface area contributed by atoms with E-state index < -0.39 is 0 Å². The van der Waals surface area contributed by atoms with Crippen LogP contribution in [0, 0.1) is 0 Å². The second-order valence-electron chi connectivity index (χ2n) is 5.69. The molecule has 2 aliphatic heterocycles. The maximum Gasteiger partial charge on any atom is 0.200 e. The van der Waals surface area contributed by atoms with Crippen LogP contribution in [0.25, 0.3) is 6.08 Å². The average molecular weight is 331 g/mol. The Morgan fingerprint density at radius 1 is 1.00 bits per heavy atom. The Labute approximate surface area is 146 Å². The van der Waals surface area contributed by atoms with Crippen LogP contribution in [0.5, 0.6) is 0 Å². The van der Waals surface area contributed by atoms with Gasteiger partial charge >= 0.3 is 0 Å². The first kappa shape index (κ1) is 15.0. The molecular formula is C21H17NOS. The van der Waals surface area contributed by atoms with Crippen molar-refractivity contribution in [3.63, 3.8) is 0 Å². The summed E-state index contributed by atoms with van der Waals surface area (Å²) in [6.07, 6.45) is 8.23. The first-order valence-electron chi connectivity index (χ1n) is 8.06. The summed E-state index contributed by atoms with van der Waals surface area (Å²) in [5.74, 6) is 0.121. The lowest BCUT2D eigenvalue weighted by Gasteiger charge is -2.29. The van der Waals surface area contributed by atoms with Crippen LogP contribution in [0.3, 0.4) is 0 Å². The Hall–Kier alpha value is -2.52. The lowest BCUT2D eigenvalue weighted by molar-refractivity contribution is 0.104. The van der Waals surface area contributed by atoms with Crippen LogP contribution in [-0.4, -0.2) is 12.3 Å². The van der Waals surface area contributed by atoms with E-state index in [2.05, 4.69) is 48.2 Å². The van der Waals surface area contributed by atoms with Crippen molar-refractivity contribution in [2.75, 3.05) is 11.4 Å². The molecule has 118 valence electrons. The average Bonchev–Trinajstić information content (AvgIpc) is 2.95. The van der Waals surface area contributed by atoms with Crippen LogP contribution < -0.4 is 4.90 Å². The molecular weight excluding hydrogens is 314 g/mol. The van der Waals surface area contributed by atoms with Crippen LogP contribution in [0.2, 0.25) is 0 Å². The predicted molar refractivity (Wildman–Crippen MR) is 101 cm³/mol. The third-order valence-corrected chi connectivity index (χ3v) is 5.39. The fraction of sp³-hybridized carbons (Fsp3) is 0.0952. The highest BCUT2D eigenvalue weighted by atomic mass is 32.2. The van der Waals surface area contributed by atoms with Crippen molar-refractivity contribution < 1.29 is 4.79 Å². The van der Waals surface area contributed by atoms with E-state index in [0.717, 1.165) is 27.6 Å². The van der Waals surface area contributed by atoms with Gasteiger partial charge in [0, 0.05) is 28.4 Å². The van der Waals surface area contributed by atoms with E-state index in [4.69, 9.17) is 0 Å². The number of hydrogen-bond acceptors (Lipinski definition) is 3. The standard InChI is InChI=1S/C21H17NOS/c1-2-22-16(12-11-15-7-3-5-9-18(15)22)13-14-20-21(23)17-8-4-6-10-19(17)24-20/h3-14H,2H2,1H3/b16-13?,20-14+. The van der Waals surface area contributed by atoms with Gasteiger partial charge in [-0.05, 0) is 48.9 Å². The zero-order valence-electron chi connectivity index (χ0n) is 13.4. The van der Waals surface area contributed by atoms with Gasteiger partial charge in [-0.2, -0.15) is 0 Å². The molecule has 0 atom stereocenters. The molecule has 0 radical (unpaired) electrons. The van der Waals surface area contributed by atoms with Crippen molar-refractivity contribution in [1.82, 2.24) is 0 Å². The molecule has 2 aromatic rings. The van der Waals surface area contributed by atoms with E-state index in [1.54, 1.807) is 11.8 Å². The van der Waals surface area contributed by atoms with Gasteiger partial charge in [0.25, 0.3) is 0 Å². The third kappa shape index (κ3) is 2.51. The monoisotopic (exact) mass is 331 g/mol. The summed E-state index contributed by atoms with van der Waals surface area (Å²) >= 11 is 1.55. The van der Waals surface area contributed by atoms with Gasteiger partial charge in [-0.1, -0.05) is 48.2 Å². The topological polar surface area (TPSA) is 20.3 Å². The second kappa shape index (κ2) is 6.17. The Kier molecular flexibility index (Phi) is 3.87. The summed E-state index contributed by atoms with van der Waals surface area (Å²) < 4.78 is 0. The van der Waals surface area contributed by atoms with Gasteiger partial charge in [-0.15, -0.1) is 0 Å². The largest absolute Gasteiger partial charge is 0.341 e. The number of rotatable bonds is 2. The highest BCUT2D eigenvalue weighted by Gasteiger charge is 2.24. The fourth-order valence-electron chi connectivity index (χ4n) is 3.09. The fourth-order valence-corrected chi connectivity index (χ4v) is 4.08. The summed E-state index contributed by atoms with van der Waals surface area (Å²) in [7, 11) is 0. The number of carbonyl (C=O) groups excluding carboxylic acids is 1. The second-order valence-corrected chi connectivity index (χ2v) is 6.77. The van der Waals surface area contributed by atoms with E-state index in [0.29, 0.717) is 0 Å². The van der Waals surface area contributed by atoms with E-state index in [1.165, 1.54) is 11.3 Å². The molecule has 2 aromatic carbocycles. The molecule has 0 saturated heterocycles. The van der Waals surface area contributed by atoms with Crippen LogP contribution in [-0.2, 0) is 0 Å². The molecule has 0 spiro atoms. The minimum absolute atomic E-state index is 0.121. The first-order valence-corrected chi connectivity index (χ1v) is 8.88. The first-order chi connectivity index (χ1) is 11.8. The van der Waals surface area contributed by atoms with E-state index in [-0.39, 0.29) is 5.78 Å². The van der Waals surface area contributed by atoms with Gasteiger partial charge in [0.15, 0.2) is 0 Å². The lowest BCUT2D eigenvalue weighted by Crippen LogP contribution is -2.23. The van der Waals surface area contributed by atoms with Crippen molar-refractivity contribution >= 4 is 29.3 Å². The Balaban J connectivity index is 1.67. The van der Waals surface area contributed by atoms with Crippen LogP contribution in [0.1, 0.15) is 22.8 Å². The number of benzene rings is 2. The summed E-state index contributed by atoms with van der Waals surface area (Å²) in [5.41, 5.74) is 4.35. The van der Waals surface area contributed by atoms with Crippen molar-refractivity contribution in [1.29, 1.82) is 0 Å². The number of fused-ring (bicyclic) bond motifs is 2. The molecule has 2 nitrogen and oxygen atoms in total. The predicted octanol–water partition coefficient (Wildman–Crippen LogP) is 5.30. The van der Waals surface area contributed by atoms with Crippen molar-refractivity contribution in [3.8, 4) is 0 Å². The number of carbonyl (C=O) groups is 1. The van der Waals surface area contributed by atoms with Crippen molar-refractivity contribution in [2.24, 2.45) is 0 Å².